The van der Waals surface area contributed by atoms with E-state index in [0.29, 0.717) is 17.7 Å². The maximum atomic E-state index is 12.6. The van der Waals surface area contributed by atoms with E-state index in [2.05, 4.69) is 20.9 Å². The third-order valence-corrected chi connectivity index (χ3v) is 4.59. The van der Waals surface area contributed by atoms with Gasteiger partial charge >= 0.3 is 0 Å². The van der Waals surface area contributed by atoms with Gasteiger partial charge in [0, 0.05) is 16.9 Å². The average molecular weight is 366 g/mol. The lowest BCUT2D eigenvalue weighted by Gasteiger charge is -2.08. The molecular weight excluding hydrogens is 348 g/mol. The Morgan fingerprint density at radius 1 is 1.07 bits per heavy atom. The quantitative estimate of drug-likeness (QED) is 0.571. The number of amides is 1. The van der Waals surface area contributed by atoms with E-state index < -0.39 is 0 Å². The van der Waals surface area contributed by atoms with Crippen molar-refractivity contribution in [2.75, 3.05) is 5.32 Å². The average Bonchev–Trinajstić information content (AvgIpc) is 3.05. The second-order valence-corrected chi connectivity index (χ2v) is 6.52. The minimum atomic E-state index is -0.193. The number of aromatic nitrogens is 2. The lowest BCUT2D eigenvalue weighted by Crippen LogP contribution is -2.11. The Kier molecular flexibility index (Phi) is 4.61. The van der Waals surface area contributed by atoms with Crippen molar-refractivity contribution in [2.45, 2.75) is 13.3 Å². The number of imidazole rings is 1. The second-order valence-electron chi connectivity index (χ2n) is 6.52. The van der Waals surface area contributed by atoms with Gasteiger partial charge in [0.05, 0.1) is 23.5 Å². The fourth-order valence-electron chi connectivity index (χ4n) is 3.25. The van der Waals surface area contributed by atoms with Gasteiger partial charge in [0.15, 0.2) is 0 Å². The van der Waals surface area contributed by atoms with Crippen LogP contribution in [-0.4, -0.2) is 15.5 Å². The zero-order chi connectivity index (χ0) is 19.5. The number of hydrogen-bond donors (Lipinski definition) is 1. The zero-order valence-corrected chi connectivity index (χ0v) is 15.4. The molecule has 0 aliphatic carbocycles. The molecule has 0 saturated carbocycles. The van der Waals surface area contributed by atoms with E-state index in [4.69, 9.17) is 5.26 Å². The molecule has 0 unspecified atom stereocenters. The van der Waals surface area contributed by atoms with E-state index in [-0.39, 0.29) is 5.91 Å². The van der Waals surface area contributed by atoms with Gasteiger partial charge in [-0.05, 0) is 55.0 Å². The number of carbonyl (C=O) groups excluding carboxylic acids is 1. The van der Waals surface area contributed by atoms with Crippen molar-refractivity contribution in [3.05, 3.63) is 89.7 Å². The number of nitriles is 1. The standard InChI is InChI=1S/C23H18N4O/c1-16-25-21-15-18(9-12-22(21)27(16)20-5-3-2-4-6-20)23(28)26-19-10-7-17(8-11-19)13-14-24/h2-12,15H,13H2,1H3,(H,26,28). The third kappa shape index (κ3) is 3.36. The predicted octanol–water partition coefficient (Wildman–Crippen LogP) is 4.65. The molecule has 1 aromatic heterocycles. The van der Waals surface area contributed by atoms with Crippen LogP contribution in [0.5, 0.6) is 0 Å². The second kappa shape index (κ2) is 7.37. The molecule has 1 heterocycles. The number of carbonyl (C=O) groups is 1. The first-order valence-corrected chi connectivity index (χ1v) is 8.97. The maximum absolute atomic E-state index is 12.6. The normalized spacial score (nSPS) is 10.6. The lowest BCUT2D eigenvalue weighted by atomic mass is 10.1. The Morgan fingerprint density at radius 3 is 2.54 bits per heavy atom. The van der Waals surface area contributed by atoms with Crippen molar-refractivity contribution in [3.8, 4) is 11.8 Å². The number of benzene rings is 3. The molecule has 3 aromatic carbocycles. The van der Waals surface area contributed by atoms with E-state index >= 15 is 0 Å². The summed E-state index contributed by atoms with van der Waals surface area (Å²) in [5.74, 6) is 0.675. The fraction of sp³-hybridized carbons (Fsp3) is 0.0870. The summed E-state index contributed by atoms with van der Waals surface area (Å²) in [6, 6.07) is 25.0. The Morgan fingerprint density at radius 2 is 1.82 bits per heavy atom. The highest BCUT2D eigenvalue weighted by Crippen LogP contribution is 2.23. The molecule has 0 saturated heterocycles. The molecular formula is C23H18N4O. The molecule has 1 N–H and O–H groups in total. The summed E-state index contributed by atoms with van der Waals surface area (Å²) in [5, 5.41) is 11.6. The topological polar surface area (TPSA) is 70.7 Å². The van der Waals surface area contributed by atoms with Gasteiger partial charge in [-0.15, -0.1) is 0 Å². The fourth-order valence-corrected chi connectivity index (χ4v) is 3.25. The molecule has 0 bridgehead atoms. The van der Waals surface area contributed by atoms with Crippen LogP contribution < -0.4 is 5.32 Å². The monoisotopic (exact) mass is 366 g/mol. The molecule has 136 valence electrons. The van der Waals surface area contributed by atoms with Crippen molar-refractivity contribution >= 4 is 22.6 Å². The van der Waals surface area contributed by atoms with Crippen LogP contribution in [0, 0.1) is 18.3 Å². The zero-order valence-electron chi connectivity index (χ0n) is 15.4. The van der Waals surface area contributed by atoms with Gasteiger partial charge in [-0.3, -0.25) is 9.36 Å². The molecule has 0 fully saturated rings. The number of rotatable bonds is 4. The molecule has 0 aliphatic rings. The number of aryl methyl sites for hydroxylation is 1. The first-order chi connectivity index (χ1) is 13.7. The smallest absolute Gasteiger partial charge is 0.255 e. The number of hydrogen-bond acceptors (Lipinski definition) is 3. The molecule has 5 heteroatoms. The lowest BCUT2D eigenvalue weighted by molar-refractivity contribution is 0.102. The van der Waals surface area contributed by atoms with Crippen LogP contribution in [0.3, 0.4) is 0 Å². The highest BCUT2D eigenvalue weighted by molar-refractivity contribution is 6.06. The van der Waals surface area contributed by atoms with Gasteiger partial charge in [0.2, 0.25) is 0 Å². The Hall–Kier alpha value is -3.91. The van der Waals surface area contributed by atoms with Crippen LogP contribution in [0.1, 0.15) is 21.7 Å². The van der Waals surface area contributed by atoms with Gasteiger partial charge in [-0.2, -0.15) is 5.26 Å². The molecule has 0 spiro atoms. The molecule has 0 aliphatic heterocycles. The minimum Gasteiger partial charge on any atom is -0.322 e. The van der Waals surface area contributed by atoms with E-state index in [1.165, 1.54) is 0 Å². The van der Waals surface area contributed by atoms with Gasteiger partial charge in [-0.25, -0.2) is 4.98 Å². The van der Waals surface area contributed by atoms with Crippen molar-refractivity contribution < 1.29 is 4.79 Å². The molecule has 1 amide bonds. The summed E-state index contributed by atoms with van der Waals surface area (Å²) >= 11 is 0. The van der Waals surface area contributed by atoms with Crippen molar-refractivity contribution in [2.24, 2.45) is 0 Å². The van der Waals surface area contributed by atoms with Gasteiger partial charge in [0.1, 0.15) is 5.82 Å². The summed E-state index contributed by atoms with van der Waals surface area (Å²) in [7, 11) is 0. The first-order valence-electron chi connectivity index (χ1n) is 8.97. The van der Waals surface area contributed by atoms with E-state index in [1.54, 1.807) is 18.2 Å². The minimum absolute atomic E-state index is 0.193. The SMILES string of the molecule is Cc1nc2cc(C(=O)Nc3ccc(CC#N)cc3)ccc2n1-c1ccccc1. The summed E-state index contributed by atoms with van der Waals surface area (Å²) in [6.45, 7) is 1.95. The molecule has 4 aromatic rings. The number of fused-ring (bicyclic) bond motifs is 1. The summed E-state index contributed by atoms with van der Waals surface area (Å²) in [5.41, 5.74) is 4.93. The van der Waals surface area contributed by atoms with Crippen LogP contribution in [0.15, 0.2) is 72.8 Å². The van der Waals surface area contributed by atoms with Crippen LogP contribution >= 0.6 is 0 Å². The Bertz CT molecular complexity index is 1190. The Balaban J connectivity index is 1.61. The maximum Gasteiger partial charge on any atom is 0.255 e. The van der Waals surface area contributed by atoms with E-state index in [1.807, 2.05) is 61.5 Å². The summed E-state index contributed by atoms with van der Waals surface area (Å²) in [4.78, 5) is 17.3. The van der Waals surface area contributed by atoms with Gasteiger partial charge < -0.3 is 5.32 Å². The molecule has 5 nitrogen and oxygen atoms in total. The van der Waals surface area contributed by atoms with Crippen LogP contribution in [-0.2, 0) is 6.42 Å². The molecule has 4 rings (SSSR count). The summed E-state index contributed by atoms with van der Waals surface area (Å²) < 4.78 is 2.07. The van der Waals surface area contributed by atoms with E-state index in [9.17, 15) is 4.79 Å². The highest BCUT2D eigenvalue weighted by Gasteiger charge is 2.13. The molecule has 0 atom stereocenters. The van der Waals surface area contributed by atoms with Crippen LogP contribution in [0.4, 0.5) is 5.69 Å². The third-order valence-electron chi connectivity index (χ3n) is 4.59. The number of para-hydroxylation sites is 1. The van der Waals surface area contributed by atoms with Crippen LogP contribution in [0.25, 0.3) is 16.7 Å². The predicted molar refractivity (Wildman–Crippen MR) is 110 cm³/mol. The Labute approximate surface area is 162 Å². The number of nitrogens with one attached hydrogen (secondary N) is 1. The molecule has 28 heavy (non-hydrogen) atoms. The van der Waals surface area contributed by atoms with Crippen molar-refractivity contribution in [1.82, 2.24) is 9.55 Å². The van der Waals surface area contributed by atoms with Gasteiger partial charge in [0.25, 0.3) is 5.91 Å². The van der Waals surface area contributed by atoms with E-state index in [0.717, 1.165) is 28.1 Å². The molecule has 0 radical (unpaired) electrons. The first kappa shape index (κ1) is 17.5. The van der Waals surface area contributed by atoms with Crippen molar-refractivity contribution in [1.29, 1.82) is 5.26 Å². The summed E-state index contributed by atoms with van der Waals surface area (Å²) in [6.07, 6.45) is 0.355. The largest absolute Gasteiger partial charge is 0.322 e. The van der Waals surface area contributed by atoms with Gasteiger partial charge in [-0.1, -0.05) is 30.3 Å². The number of anilines is 1. The van der Waals surface area contributed by atoms with Crippen molar-refractivity contribution in [3.63, 3.8) is 0 Å². The number of nitrogens with zero attached hydrogens (tertiary/aromatic N) is 3. The highest BCUT2D eigenvalue weighted by atomic mass is 16.1. The van der Waals surface area contributed by atoms with Crippen LogP contribution in [0.2, 0.25) is 0 Å².